The highest BCUT2D eigenvalue weighted by atomic mass is 32.1. The molecule has 1 aliphatic rings. The number of para-hydroxylation sites is 1. The maximum atomic E-state index is 15.3. The summed E-state index contributed by atoms with van der Waals surface area (Å²) in [6, 6.07) is 40.0. The Morgan fingerprint density at radius 2 is 1.47 bits per heavy atom. The van der Waals surface area contributed by atoms with Crippen molar-refractivity contribution in [3.8, 4) is 22.3 Å². The standard InChI is InChI=1S/C45H35FN4O2S/c1-2-5-30-11-21-39(40(46)24-30)36-18-15-32(37(26-36)28-47-49-45-48-41-6-3-4-7-42(41)53-45)14-10-29-8-12-31(13-9-29)33-16-17-35-27-38(20-19-34(35)25-33)50-43(51)22-23-44(50)52/h3-4,6-9,11-13,15-28H,2,5,10,14H2,1H3,(H,48,49)/b47-28+. The van der Waals surface area contributed by atoms with Crippen LogP contribution in [0.3, 0.4) is 0 Å². The summed E-state index contributed by atoms with van der Waals surface area (Å²) in [5.41, 5.74) is 12.4. The van der Waals surface area contributed by atoms with Crippen LogP contribution in [0.1, 0.15) is 35.6 Å². The number of hydrazone groups is 1. The van der Waals surface area contributed by atoms with E-state index in [0.717, 1.165) is 80.1 Å². The first-order valence-corrected chi connectivity index (χ1v) is 18.5. The van der Waals surface area contributed by atoms with E-state index in [1.807, 2.05) is 66.7 Å². The Hall–Kier alpha value is -6.25. The lowest BCUT2D eigenvalue weighted by Crippen LogP contribution is -2.29. The van der Waals surface area contributed by atoms with Crippen molar-refractivity contribution in [2.75, 3.05) is 10.3 Å². The molecule has 0 fully saturated rings. The van der Waals surface area contributed by atoms with Crippen LogP contribution < -0.4 is 10.3 Å². The molecule has 8 rings (SSSR count). The first-order valence-electron chi connectivity index (χ1n) is 17.7. The molecule has 0 aliphatic carbocycles. The molecule has 1 aliphatic heterocycles. The van der Waals surface area contributed by atoms with E-state index in [-0.39, 0.29) is 17.6 Å². The number of thiazole rings is 1. The molecule has 6 aromatic carbocycles. The van der Waals surface area contributed by atoms with Crippen molar-refractivity contribution >= 4 is 61.2 Å². The van der Waals surface area contributed by atoms with Gasteiger partial charge in [-0.1, -0.05) is 104 Å². The Labute approximate surface area is 311 Å². The van der Waals surface area contributed by atoms with Crippen molar-refractivity contribution in [3.05, 3.63) is 162 Å². The molecule has 2 heterocycles. The number of rotatable bonds is 11. The minimum Gasteiger partial charge on any atom is -0.269 e. The number of benzene rings is 6. The zero-order valence-corrected chi connectivity index (χ0v) is 29.9. The Balaban J connectivity index is 1.00. The first-order chi connectivity index (χ1) is 25.9. The highest BCUT2D eigenvalue weighted by Crippen LogP contribution is 2.31. The van der Waals surface area contributed by atoms with Crippen LogP contribution in [0.5, 0.6) is 0 Å². The Morgan fingerprint density at radius 3 is 2.26 bits per heavy atom. The van der Waals surface area contributed by atoms with Crippen LogP contribution >= 0.6 is 11.3 Å². The highest BCUT2D eigenvalue weighted by molar-refractivity contribution is 7.22. The van der Waals surface area contributed by atoms with Crippen molar-refractivity contribution in [1.82, 2.24) is 4.98 Å². The lowest BCUT2D eigenvalue weighted by atomic mass is 9.94. The minimum absolute atomic E-state index is 0.219. The summed E-state index contributed by atoms with van der Waals surface area (Å²) in [5.74, 6) is -0.870. The molecule has 0 radical (unpaired) electrons. The SMILES string of the molecule is CCCc1ccc(-c2ccc(CCc3ccc(-c4ccc5cc(N6C(=O)C=CC6=O)ccc5c4)cc3)c(/C=N/Nc3nc4ccccc4s3)c2)c(F)c1. The maximum Gasteiger partial charge on any atom is 0.258 e. The summed E-state index contributed by atoms with van der Waals surface area (Å²) in [4.78, 5) is 30.1. The van der Waals surface area contributed by atoms with Crippen molar-refractivity contribution in [3.63, 3.8) is 0 Å². The normalized spacial score (nSPS) is 12.9. The molecule has 6 nitrogen and oxygen atoms in total. The summed E-state index contributed by atoms with van der Waals surface area (Å²) in [6.45, 7) is 2.10. The van der Waals surface area contributed by atoms with Crippen LogP contribution in [-0.4, -0.2) is 23.0 Å². The van der Waals surface area contributed by atoms with E-state index in [0.29, 0.717) is 16.4 Å². The van der Waals surface area contributed by atoms with Crippen molar-refractivity contribution in [2.24, 2.45) is 5.10 Å². The van der Waals surface area contributed by atoms with Gasteiger partial charge in [-0.25, -0.2) is 14.3 Å². The zero-order chi connectivity index (χ0) is 36.3. The molecule has 1 aromatic heterocycles. The van der Waals surface area contributed by atoms with E-state index in [4.69, 9.17) is 0 Å². The maximum absolute atomic E-state index is 15.3. The monoisotopic (exact) mass is 714 g/mol. The quantitative estimate of drug-likeness (QED) is 0.0822. The van der Waals surface area contributed by atoms with E-state index >= 15 is 4.39 Å². The van der Waals surface area contributed by atoms with Crippen LogP contribution in [0.25, 0.3) is 43.2 Å². The Kier molecular flexibility index (Phi) is 9.44. The molecule has 0 unspecified atom stereocenters. The molecule has 8 heteroatoms. The van der Waals surface area contributed by atoms with Crippen LogP contribution in [0, 0.1) is 5.82 Å². The first kappa shape index (κ1) is 33.9. The van der Waals surface area contributed by atoms with Gasteiger partial charge < -0.3 is 0 Å². The predicted molar refractivity (Wildman–Crippen MR) is 215 cm³/mol. The van der Waals surface area contributed by atoms with Crippen LogP contribution in [0.2, 0.25) is 0 Å². The van der Waals surface area contributed by atoms with Gasteiger partial charge in [0.2, 0.25) is 5.13 Å². The number of anilines is 2. The number of nitrogens with one attached hydrogen (secondary N) is 1. The number of carbonyl (C=O) groups excluding carboxylic acids is 2. The lowest BCUT2D eigenvalue weighted by molar-refractivity contribution is -0.119. The Morgan fingerprint density at radius 1 is 0.736 bits per heavy atom. The fourth-order valence-electron chi connectivity index (χ4n) is 6.77. The fraction of sp³-hybridized carbons (Fsp3) is 0.111. The number of aryl methyl sites for hydroxylation is 3. The van der Waals surface area contributed by atoms with Crippen LogP contribution in [0.4, 0.5) is 15.2 Å². The molecule has 53 heavy (non-hydrogen) atoms. The number of halogens is 1. The Bertz CT molecular complexity index is 2520. The number of imide groups is 1. The van der Waals surface area contributed by atoms with Crippen molar-refractivity contribution in [2.45, 2.75) is 32.6 Å². The second-order valence-corrected chi connectivity index (χ2v) is 14.2. The highest BCUT2D eigenvalue weighted by Gasteiger charge is 2.25. The summed E-state index contributed by atoms with van der Waals surface area (Å²) in [7, 11) is 0. The van der Waals surface area contributed by atoms with Gasteiger partial charge in [-0.2, -0.15) is 5.10 Å². The molecule has 0 atom stereocenters. The van der Waals surface area contributed by atoms with E-state index in [9.17, 15) is 9.59 Å². The second kappa shape index (κ2) is 14.8. The average Bonchev–Trinajstić information content (AvgIpc) is 3.75. The summed E-state index contributed by atoms with van der Waals surface area (Å²) in [6.07, 6.45) is 7.80. The lowest BCUT2D eigenvalue weighted by Gasteiger charge is -2.15. The smallest absolute Gasteiger partial charge is 0.258 e. The number of hydrogen-bond acceptors (Lipinski definition) is 6. The van der Waals surface area contributed by atoms with Gasteiger partial charge in [0, 0.05) is 17.7 Å². The average molecular weight is 715 g/mol. The number of carbonyl (C=O) groups is 2. The molecular formula is C45H35FN4O2S. The van der Waals surface area contributed by atoms with Crippen molar-refractivity contribution in [1.29, 1.82) is 0 Å². The van der Waals surface area contributed by atoms with Crippen molar-refractivity contribution < 1.29 is 14.0 Å². The summed E-state index contributed by atoms with van der Waals surface area (Å²) < 4.78 is 16.4. The van der Waals surface area contributed by atoms with Gasteiger partial charge in [0.1, 0.15) is 5.82 Å². The molecule has 0 spiro atoms. The molecule has 0 saturated heterocycles. The van der Waals surface area contributed by atoms with Gasteiger partial charge in [-0.15, -0.1) is 0 Å². The minimum atomic E-state index is -0.326. The van der Waals surface area contributed by atoms with Crippen LogP contribution in [0.15, 0.2) is 139 Å². The molecule has 260 valence electrons. The second-order valence-electron chi connectivity index (χ2n) is 13.1. The number of fused-ring (bicyclic) bond motifs is 2. The van der Waals surface area contributed by atoms with Gasteiger partial charge >= 0.3 is 0 Å². The van der Waals surface area contributed by atoms with E-state index < -0.39 is 0 Å². The number of nitrogens with zero attached hydrogens (tertiary/aromatic N) is 3. The molecule has 1 N–H and O–H groups in total. The van der Waals surface area contributed by atoms with Gasteiger partial charge in [0.25, 0.3) is 11.8 Å². The van der Waals surface area contributed by atoms with E-state index in [1.165, 1.54) is 22.6 Å². The summed E-state index contributed by atoms with van der Waals surface area (Å²) >= 11 is 1.54. The van der Waals surface area contributed by atoms with Crippen LogP contribution in [-0.2, 0) is 28.9 Å². The number of amides is 2. The third-order valence-corrected chi connectivity index (χ3v) is 10.5. The van der Waals surface area contributed by atoms with E-state index in [2.05, 4.69) is 64.9 Å². The fourth-order valence-corrected chi connectivity index (χ4v) is 7.59. The number of aromatic nitrogens is 1. The molecule has 0 bridgehead atoms. The topological polar surface area (TPSA) is 74.7 Å². The number of hydrogen-bond donors (Lipinski definition) is 1. The summed E-state index contributed by atoms with van der Waals surface area (Å²) in [5, 5.41) is 7.24. The largest absolute Gasteiger partial charge is 0.269 e. The van der Waals surface area contributed by atoms with Gasteiger partial charge in [0.15, 0.2) is 0 Å². The molecule has 7 aromatic rings. The van der Waals surface area contributed by atoms with Gasteiger partial charge in [-0.05, 0) is 111 Å². The molecule has 2 amide bonds. The molecule has 0 saturated carbocycles. The third kappa shape index (κ3) is 7.27. The third-order valence-electron chi connectivity index (χ3n) is 9.55. The predicted octanol–water partition coefficient (Wildman–Crippen LogP) is 10.5. The van der Waals surface area contributed by atoms with Gasteiger partial charge in [0.05, 0.1) is 22.1 Å². The molecular weight excluding hydrogens is 680 g/mol. The van der Waals surface area contributed by atoms with E-state index in [1.54, 1.807) is 29.7 Å². The zero-order valence-electron chi connectivity index (χ0n) is 29.1. The van der Waals surface area contributed by atoms with Gasteiger partial charge in [-0.3, -0.25) is 15.0 Å².